The monoisotopic (exact) mass is 398 g/mol. The van der Waals surface area contributed by atoms with Crippen molar-refractivity contribution in [1.29, 1.82) is 0 Å². The highest BCUT2D eigenvalue weighted by Gasteiger charge is 2.37. The molecule has 156 valence electrons. The molecule has 3 heterocycles. The molecule has 0 bridgehead atoms. The van der Waals surface area contributed by atoms with Crippen LogP contribution in [0.2, 0.25) is 0 Å². The van der Waals surface area contributed by atoms with Gasteiger partial charge in [-0.3, -0.25) is 9.69 Å². The number of fused-ring (bicyclic) bond motifs is 1. The van der Waals surface area contributed by atoms with E-state index < -0.39 is 0 Å². The maximum Gasteiger partial charge on any atom is 0.339 e. The second-order valence-electron chi connectivity index (χ2n) is 8.28. The van der Waals surface area contributed by atoms with E-state index in [9.17, 15) is 9.59 Å². The van der Waals surface area contributed by atoms with Gasteiger partial charge in [-0.25, -0.2) is 4.79 Å². The normalized spacial score (nSPS) is 22.5. The molecule has 0 saturated carbocycles. The van der Waals surface area contributed by atoms with E-state index in [0.29, 0.717) is 35.8 Å². The number of nitrogens with zero attached hydrogens (tertiary/aromatic N) is 2. The number of likely N-dealkylation sites (tertiary alicyclic amines) is 2. The van der Waals surface area contributed by atoms with Gasteiger partial charge in [0, 0.05) is 42.1 Å². The fraction of sp³-hybridized carbons (Fsp3) is 0.565. The van der Waals surface area contributed by atoms with Gasteiger partial charge < -0.3 is 14.1 Å². The molecule has 0 spiro atoms. The summed E-state index contributed by atoms with van der Waals surface area (Å²) in [4.78, 5) is 30.0. The van der Waals surface area contributed by atoms with Crippen LogP contribution in [0.15, 0.2) is 27.4 Å². The molecule has 2 aliphatic heterocycles. The van der Waals surface area contributed by atoms with Crippen LogP contribution >= 0.6 is 0 Å². The van der Waals surface area contributed by atoms with E-state index in [4.69, 9.17) is 9.15 Å². The van der Waals surface area contributed by atoms with Gasteiger partial charge in [-0.2, -0.15) is 0 Å². The minimum atomic E-state index is -0.361. The predicted octanol–water partition coefficient (Wildman–Crippen LogP) is 3.13. The van der Waals surface area contributed by atoms with E-state index in [1.165, 1.54) is 12.8 Å². The maximum absolute atomic E-state index is 12.9. The Bertz CT molecular complexity index is 961. The molecule has 2 fully saturated rings. The minimum Gasteiger partial charge on any atom is -0.497 e. The molecule has 2 aromatic rings. The Labute approximate surface area is 171 Å². The van der Waals surface area contributed by atoms with Crippen molar-refractivity contribution in [3.05, 3.63) is 39.7 Å². The molecule has 2 atom stereocenters. The summed E-state index contributed by atoms with van der Waals surface area (Å²) in [5.74, 6) is 0.784. The van der Waals surface area contributed by atoms with Gasteiger partial charge in [0.25, 0.3) is 0 Å². The number of methoxy groups -OCH3 is 1. The van der Waals surface area contributed by atoms with Crippen molar-refractivity contribution in [3.8, 4) is 5.75 Å². The lowest BCUT2D eigenvalue weighted by atomic mass is 10.0. The second kappa shape index (κ2) is 8.19. The number of hydrogen-bond acceptors (Lipinski definition) is 5. The minimum absolute atomic E-state index is 0.132. The number of ether oxygens (including phenoxy) is 1. The third-order valence-corrected chi connectivity index (χ3v) is 6.73. The summed E-state index contributed by atoms with van der Waals surface area (Å²) in [6.07, 6.45) is 4.32. The molecule has 29 heavy (non-hydrogen) atoms. The summed E-state index contributed by atoms with van der Waals surface area (Å²) in [6.45, 7) is 7.20. The Hall–Kier alpha value is -2.34. The number of aryl methyl sites for hydroxylation is 1. The van der Waals surface area contributed by atoms with Gasteiger partial charge in [0.2, 0.25) is 5.91 Å². The van der Waals surface area contributed by atoms with Crippen LogP contribution in [-0.4, -0.2) is 54.5 Å². The van der Waals surface area contributed by atoms with Crippen molar-refractivity contribution < 1.29 is 13.9 Å². The average molecular weight is 399 g/mol. The van der Waals surface area contributed by atoms with Gasteiger partial charge in [0.05, 0.1) is 7.11 Å². The molecule has 0 N–H and O–H groups in total. The van der Waals surface area contributed by atoms with E-state index in [0.717, 1.165) is 37.0 Å². The molecule has 0 aliphatic carbocycles. The zero-order chi connectivity index (χ0) is 20.5. The molecule has 0 radical (unpaired) electrons. The van der Waals surface area contributed by atoms with Crippen molar-refractivity contribution in [2.24, 2.45) is 0 Å². The summed E-state index contributed by atoms with van der Waals surface area (Å²) in [5.41, 5.74) is 1.64. The lowest BCUT2D eigenvalue weighted by Crippen LogP contribution is -2.44. The number of carbonyl (C=O) groups excluding carboxylic acids is 1. The Morgan fingerprint density at radius 3 is 2.72 bits per heavy atom. The Morgan fingerprint density at radius 2 is 2.00 bits per heavy atom. The molecule has 6 heteroatoms. The highest BCUT2D eigenvalue weighted by Crippen LogP contribution is 2.28. The van der Waals surface area contributed by atoms with Gasteiger partial charge in [0.15, 0.2) is 0 Å². The molecule has 1 amide bonds. The molecule has 6 nitrogen and oxygen atoms in total. The predicted molar refractivity (Wildman–Crippen MR) is 112 cm³/mol. The fourth-order valence-corrected chi connectivity index (χ4v) is 5.00. The number of amides is 1. The zero-order valence-electron chi connectivity index (χ0n) is 17.6. The summed E-state index contributed by atoms with van der Waals surface area (Å²) in [6, 6.07) is 6.20. The van der Waals surface area contributed by atoms with Crippen molar-refractivity contribution in [1.82, 2.24) is 9.80 Å². The standard InChI is InChI=1S/C23H30N2O4/c1-15-18-7-6-17(28-3)14-21(18)29-23(27)19(15)8-9-22(26)25-13-10-20(16(25)2)24-11-4-5-12-24/h6-7,14,16,20H,4-5,8-13H2,1-3H3/t16-,20+/m0/s1. The fourth-order valence-electron chi connectivity index (χ4n) is 5.00. The first-order valence-corrected chi connectivity index (χ1v) is 10.6. The number of rotatable bonds is 5. The smallest absolute Gasteiger partial charge is 0.339 e. The Kier molecular flexibility index (Phi) is 5.63. The lowest BCUT2D eigenvalue weighted by molar-refractivity contribution is -0.132. The maximum atomic E-state index is 12.9. The first-order valence-electron chi connectivity index (χ1n) is 10.6. The van der Waals surface area contributed by atoms with Crippen molar-refractivity contribution in [2.75, 3.05) is 26.7 Å². The van der Waals surface area contributed by atoms with E-state index >= 15 is 0 Å². The molecular weight excluding hydrogens is 368 g/mol. The number of carbonyl (C=O) groups is 1. The van der Waals surface area contributed by atoms with Crippen LogP contribution in [0.1, 0.15) is 43.7 Å². The van der Waals surface area contributed by atoms with Crippen LogP contribution in [0.4, 0.5) is 0 Å². The molecule has 1 aromatic carbocycles. The van der Waals surface area contributed by atoms with Crippen LogP contribution < -0.4 is 10.4 Å². The third-order valence-electron chi connectivity index (χ3n) is 6.73. The molecule has 2 aliphatic rings. The number of hydrogen-bond donors (Lipinski definition) is 0. The second-order valence-corrected chi connectivity index (χ2v) is 8.28. The highest BCUT2D eigenvalue weighted by molar-refractivity contribution is 5.83. The first kappa shape index (κ1) is 20.0. The van der Waals surface area contributed by atoms with Gasteiger partial charge >= 0.3 is 5.63 Å². The van der Waals surface area contributed by atoms with E-state index in [2.05, 4.69) is 11.8 Å². The van der Waals surface area contributed by atoms with E-state index in [1.807, 2.05) is 24.0 Å². The van der Waals surface area contributed by atoms with Crippen molar-refractivity contribution in [2.45, 2.75) is 58.0 Å². The molecular formula is C23H30N2O4. The largest absolute Gasteiger partial charge is 0.497 e. The molecule has 2 saturated heterocycles. The quantitative estimate of drug-likeness (QED) is 0.724. The number of benzene rings is 1. The van der Waals surface area contributed by atoms with Crippen LogP contribution in [0.25, 0.3) is 11.0 Å². The SMILES string of the molecule is COc1ccc2c(C)c(CCC(=O)N3CC[C@@H](N4CCCC4)[C@@H]3C)c(=O)oc2c1. The summed E-state index contributed by atoms with van der Waals surface area (Å²) in [5, 5.41) is 0.886. The summed E-state index contributed by atoms with van der Waals surface area (Å²) >= 11 is 0. The Balaban J connectivity index is 1.46. The van der Waals surface area contributed by atoms with Crippen LogP contribution in [0, 0.1) is 6.92 Å². The van der Waals surface area contributed by atoms with E-state index in [1.54, 1.807) is 13.2 Å². The van der Waals surface area contributed by atoms with Gasteiger partial charge in [-0.05, 0) is 70.3 Å². The van der Waals surface area contributed by atoms with Crippen LogP contribution in [0.5, 0.6) is 5.75 Å². The van der Waals surface area contributed by atoms with Crippen molar-refractivity contribution in [3.63, 3.8) is 0 Å². The van der Waals surface area contributed by atoms with Crippen LogP contribution in [-0.2, 0) is 11.2 Å². The lowest BCUT2D eigenvalue weighted by Gasteiger charge is -2.30. The first-order chi connectivity index (χ1) is 14.0. The van der Waals surface area contributed by atoms with Crippen molar-refractivity contribution >= 4 is 16.9 Å². The van der Waals surface area contributed by atoms with Gasteiger partial charge in [0.1, 0.15) is 11.3 Å². The molecule has 0 unspecified atom stereocenters. The van der Waals surface area contributed by atoms with Gasteiger partial charge in [-0.1, -0.05) is 0 Å². The topological polar surface area (TPSA) is 63.0 Å². The highest BCUT2D eigenvalue weighted by atomic mass is 16.5. The third kappa shape index (κ3) is 3.78. The summed E-state index contributed by atoms with van der Waals surface area (Å²) in [7, 11) is 1.58. The van der Waals surface area contributed by atoms with Crippen LogP contribution in [0.3, 0.4) is 0 Å². The van der Waals surface area contributed by atoms with Gasteiger partial charge in [-0.15, -0.1) is 0 Å². The molecule has 1 aromatic heterocycles. The average Bonchev–Trinajstić information content (AvgIpc) is 3.36. The molecule has 4 rings (SSSR count). The Morgan fingerprint density at radius 1 is 1.24 bits per heavy atom. The summed E-state index contributed by atoms with van der Waals surface area (Å²) < 4.78 is 10.7. The van der Waals surface area contributed by atoms with E-state index in [-0.39, 0.29) is 17.6 Å². The zero-order valence-corrected chi connectivity index (χ0v) is 17.6.